The number of fused-ring (bicyclic) bond motifs is 2. The van der Waals surface area contributed by atoms with Crippen LogP contribution in [0.3, 0.4) is 0 Å². The number of carbonyl (C=O) groups excluding carboxylic acids is 1. The monoisotopic (exact) mass is 337 g/mol. The summed E-state index contributed by atoms with van der Waals surface area (Å²) in [6.45, 7) is 2.96. The first-order valence-electron chi connectivity index (χ1n) is 8.48. The smallest absolute Gasteiger partial charge is 0.274 e. The Labute approximate surface area is 144 Å². The molecule has 0 radical (unpaired) electrons. The van der Waals surface area contributed by atoms with Crippen molar-refractivity contribution in [3.05, 3.63) is 58.5 Å². The van der Waals surface area contributed by atoms with E-state index in [0.717, 1.165) is 18.7 Å². The zero-order valence-electron chi connectivity index (χ0n) is 14.0. The Morgan fingerprint density at radius 3 is 2.92 bits per heavy atom. The first-order chi connectivity index (χ1) is 12.2. The number of aromatic nitrogens is 4. The van der Waals surface area contributed by atoms with Crippen LogP contribution in [-0.4, -0.2) is 31.3 Å². The van der Waals surface area contributed by atoms with Gasteiger partial charge < -0.3 is 9.88 Å². The minimum Gasteiger partial charge on any atom is -0.346 e. The Hall–Kier alpha value is -2.96. The van der Waals surface area contributed by atoms with Gasteiger partial charge in [-0.1, -0.05) is 18.2 Å². The fourth-order valence-electron chi connectivity index (χ4n) is 3.36. The molecule has 1 aromatic carbocycles. The molecule has 128 valence electrons. The van der Waals surface area contributed by atoms with Gasteiger partial charge in [0, 0.05) is 43.3 Å². The van der Waals surface area contributed by atoms with Crippen molar-refractivity contribution in [3.63, 3.8) is 0 Å². The highest BCUT2D eigenvalue weighted by atomic mass is 16.2. The van der Waals surface area contributed by atoms with Crippen molar-refractivity contribution in [2.45, 2.75) is 38.9 Å². The van der Waals surface area contributed by atoms with Crippen LogP contribution in [0, 0.1) is 0 Å². The Bertz CT molecular complexity index is 1000. The Kier molecular flexibility index (Phi) is 3.83. The van der Waals surface area contributed by atoms with Crippen LogP contribution in [0.15, 0.2) is 41.5 Å². The summed E-state index contributed by atoms with van der Waals surface area (Å²) >= 11 is 0. The molecule has 0 aliphatic carbocycles. The van der Waals surface area contributed by atoms with Crippen LogP contribution >= 0.6 is 0 Å². The number of carbonyl (C=O) groups is 1. The number of benzene rings is 1. The molecule has 4 rings (SSSR count). The maximum Gasteiger partial charge on any atom is 0.274 e. The van der Waals surface area contributed by atoms with Gasteiger partial charge in [-0.2, -0.15) is 5.10 Å². The Balaban J connectivity index is 1.66. The summed E-state index contributed by atoms with van der Waals surface area (Å²) in [7, 11) is 0. The van der Waals surface area contributed by atoms with Crippen LogP contribution in [0.5, 0.6) is 0 Å². The predicted octanol–water partition coefficient (Wildman–Crippen LogP) is 1.36. The molecule has 3 heterocycles. The van der Waals surface area contributed by atoms with Gasteiger partial charge in [-0.05, 0) is 19.4 Å². The van der Waals surface area contributed by atoms with E-state index in [1.807, 2.05) is 19.2 Å². The number of nitrogens with one attached hydrogen (secondary N) is 1. The normalized spacial score (nSPS) is 16.6. The lowest BCUT2D eigenvalue weighted by molar-refractivity contribution is 0.0922. The number of imidazole rings is 1. The summed E-state index contributed by atoms with van der Waals surface area (Å²) in [5.41, 5.74) is 0.129. The second-order valence-electron chi connectivity index (χ2n) is 6.22. The van der Waals surface area contributed by atoms with E-state index in [-0.39, 0.29) is 17.5 Å². The number of nitrogens with zero attached hydrogens (tertiary/aromatic N) is 4. The number of amides is 1. The fourth-order valence-corrected chi connectivity index (χ4v) is 3.36. The standard InChI is InChI=1S/C18H19N5O2/c1-2-23-18(25)14-6-4-3-5-13(14)16(21-23)17(24)20-12-7-8-15-19-9-10-22(15)11-12/h3-6,9-10,12H,2,7-8,11H2,1H3,(H,20,24)/t12-/m1/s1. The second-order valence-corrected chi connectivity index (χ2v) is 6.22. The van der Waals surface area contributed by atoms with Crippen LogP contribution in [0.1, 0.15) is 29.7 Å². The third-order valence-corrected chi connectivity index (χ3v) is 4.65. The van der Waals surface area contributed by atoms with Gasteiger partial charge in [0.25, 0.3) is 11.5 Å². The SMILES string of the molecule is CCn1nc(C(=O)N[C@@H]2CCc3nccn3C2)c2ccccc2c1=O. The van der Waals surface area contributed by atoms with Gasteiger partial charge in [0.05, 0.1) is 5.39 Å². The Morgan fingerprint density at radius 2 is 2.12 bits per heavy atom. The molecule has 1 N–H and O–H groups in total. The molecule has 0 spiro atoms. The molecular weight excluding hydrogens is 318 g/mol. The lowest BCUT2D eigenvalue weighted by Crippen LogP contribution is -2.42. The van der Waals surface area contributed by atoms with Crippen molar-refractivity contribution >= 4 is 16.7 Å². The number of hydrogen-bond acceptors (Lipinski definition) is 4. The zero-order chi connectivity index (χ0) is 17.4. The third-order valence-electron chi connectivity index (χ3n) is 4.65. The summed E-state index contributed by atoms with van der Waals surface area (Å²) in [4.78, 5) is 29.5. The van der Waals surface area contributed by atoms with Crippen molar-refractivity contribution in [1.82, 2.24) is 24.6 Å². The topological polar surface area (TPSA) is 81.8 Å². The molecule has 7 heteroatoms. The van der Waals surface area contributed by atoms with E-state index in [4.69, 9.17) is 0 Å². The van der Waals surface area contributed by atoms with Gasteiger partial charge in [0.1, 0.15) is 5.82 Å². The maximum atomic E-state index is 12.8. The minimum absolute atomic E-state index is 0.0248. The molecule has 1 amide bonds. The van der Waals surface area contributed by atoms with Crippen LogP contribution < -0.4 is 10.9 Å². The first kappa shape index (κ1) is 15.6. The molecule has 1 aliphatic rings. The second kappa shape index (κ2) is 6.16. The molecule has 1 atom stereocenters. The van der Waals surface area contributed by atoms with Gasteiger partial charge in [-0.3, -0.25) is 9.59 Å². The van der Waals surface area contributed by atoms with E-state index in [1.54, 1.807) is 24.4 Å². The average Bonchev–Trinajstić information content (AvgIpc) is 3.10. The lowest BCUT2D eigenvalue weighted by atomic mass is 10.1. The van der Waals surface area contributed by atoms with Gasteiger partial charge in [0.2, 0.25) is 0 Å². The number of rotatable bonds is 3. The van der Waals surface area contributed by atoms with Crippen molar-refractivity contribution < 1.29 is 4.79 Å². The summed E-state index contributed by atoms with van der Waals surface area (Å²) in [6.07, 6.45) is 5.39. The number of aryl methyl sites for hydroxylation is 2. The van der Waals surface area contributed by atoms with Crippen molar-refractivity contribution in [1.29, 1.82) is 0 Å². The summed E-state index contributed by atoms with van der Waals surface area (Å²) in [5.74, 6) is 0.806. The lowest BCUT2D eigenvalue weighted by Gasteiger charge is -2.24. The highest BCUT2D eigenvalue weighted by Gasteiger charge is 2.23. The van der Waals surface area contributed by atoms with Crippen molar-refractivity contribution in [2.24, 2.45) is 0 Å². The minimum atomic E-state index is -0.244. The molecule has 2 aromatic heterocycles. The average molecular weight is 337 g/mol. The van der Waals surface area contributed by atoms with E-state index in [1.165, 1.54) is 4.68 Å². The van der Waals surface area contributed by atoms with Crippen LogP contribution in [-0.2, 0) is 19.5 Å². The molecule has 0 fully saturated rings. The largest absolute Gasteiger partial charge is 0.346 e. The van der Waals surface area contributed by atoms with E-state index >= 15 is 0 Å². The van der Waals surface area contributed by atoms with Crippen molar-refractivity contribution in [2.75, 3.05) is 0 Å². The zero-order valence-corrected chi connectivity index (χ0v) is 14.0. The molecule has 0 bridgehead atoms. The summed E-state index contributed by atoms with van der Waals surface area (Å²) in [5, 5.41) is 8.47. The first-order valence-corrected chi connectivity index (χ1v) is 8.48. The van der Waals surface area contributed by atoms with Crippen molar-refractivity contribution in [3.8, 4) is 0 Å². The van der Waals surface area contributed by atoms with E-state index in [9.17, 15) is 9.59 Å². The van der Waals surface area contributed by atoms with Crippen LogP contribution in [0.2, 0.25) is 0 Å². The van der Waals surface area contributed by atoms with Gasteiger partial charge in [-0.25, -0.2) is 9.67 Å². The quantitative estimate of drug-likeness (QED) is 0.782. The molecule has 7 nitrogen and oxygen atoms in total. The molecular formula is C18H19N5O2. The molecule has 0 saturated carbocycles. The summed E-state index contributed by atoms with van der Waals surface area (Å²) in [6, 6.07) is 7.15. The Morgan fingerprint density at radius 1 is 1.32 bits per heavy atom. The van der Waals surface area contributed by atoms with E-state index in [2.05, 4.69) is 20.0 Å². The van der Waals surface area contributed by atoms with E-state index < -0.39 is 0 Å². The summed E-state index contributed by atoms with van der Waals surface area (Å²) < 4.78 is 3.40. The maximum absolute atomic E-state index is 12.8. The molecule has 25 heavy (non-hydrogen) atoms. The number of hydrogen-bond donors (Lipinski definition) is 1. The van der Waals surface area contributed by atoms with Crippen LogP contribution in [0.25, 0.3) is 10.8 Å². The molecule has 3 aromatic rings. The third kappa shape index (κ3) is 2.71. The molecule has 0 unspecified atom stereocenters. The highest BCUT2D eigenvalue weighted by Crippen LogP contribution is 2.16. The fraction of sp³-hybridized carbons (Fsp3) is 0.333. The molecule has 1 aliphatic heterocycles. The van der Waals surface area contributed by atoms with E-state index in [0.29, 0.717) is 29.6 Å². The van der Waals surface area contributed by atoms with Gasteiger partial charge in [-0.15, -0.1) is 0 Å². The highest BCUT2D eigenvalue weighted by molar-refractivity contribution is 6.04. The predicted molar refractivity (Wildman–Crippen MR) is 93.5 cm³/mol. The van der Waals surface area contributed by atoms with Gasteiger partial charge >= 0.3 is 0 Å². The molecule has 0 saturated heterocycles. The van der Waals surface area contributed by atoms with Crippen LogP contribution in [0.4, 0.5) is 0 Å². The van der Waals surface area contributed by atoms with Gasteiger partial charge in [0.15, 0.2) is 5.69 Å².